The average Bonchev–Trinajstić information content (AvgIpc) is 3.41. The maximum absolute atomic E-state index is 12.9. The number of carbonyl (C=O) groups excluding carboxylic acids is 1. The number of thiophene rings is 1. The maximum atomic E-state index is 12.9. The third-order valence-electron chi connectivity index (χ3n) is 5.15. The molecule has 29 heavy (non-hydrogen) atoms. The van der Waals surface area contributed by atoms with E-state index in [4.69, 9.17) is 4.74 Å². The standard InChI is InChI=1S/C20H24N2O4S3/c23-20(21-7-10-26-17-5-4-15-2-1-3-16(15)14-17)19-18(6-11-28-19)29(24,25)22-8-12-27-13-9-22/h4-6,11,14H,1-3,7-10,12-13H2,(H,21,23). The van der Waals surface area contributed by atoms with Crippen LogP contribution in [0.5, 0.6) is 5.75 Å². The van der Waals surface area contributed by atoms with Crippen molar-refractivity contribution < 1.29 is 17.9 Å². The van der Waals surface area contributed by atoms with Crippen LogP contribution in [0.25, 0.3) is 0 Å². The Balaban J connectivity index is 1.33. The van der Waals surface area contributed by atoms with Crippen LogP contribution in [0.1, 0.15) is 27.2 Å². The maximum Gasteiger partial charge on any atom is 0.262 e. The Kier molecular flexibility index (Phi) is 6.48. The van der Waals surface area contributed by atoms with Crippen LogP contribution in [0.4, 0.5) is 0 Å². The highest BCUT2D eigenvalue weighted by molar-refractivity contribution is 7.99. The zero-order valence-corrected chi connectivity index (χ0v) is 18.5. The minimum Gasteiger partial charge on any atom is -0.492 e. The van der Waals surface area contributed by atoms with E-state index in [-0.39, 0.29) is 15.7 Å². The Labute approximate surface area is 179 Å². The van der Waals surface area contributed by atoms with Gasteiger partial charge in [-0.1, -0.05) is 6.07 Å². The minimum absolute atomic E-state index is 0.103. The second-order valence-corrected chi connectivity index (χ2v) is 11.1. The largest absolute Gasteiger partial charge is 0.492 e. The van der Waals surface area contributed by atoms with Gasteiger partial charge < -0.3 is 10.1 Å². The van der Waals surface area contributed by atoms with E-state index in [1.165, 1.54) is 27.9 Å². The number of aryl methyl sites for hydroxylation is 2. The first-order valence-electron chi connectivity index (χ1n) is 9.74. The third-order valence-corrected chi connectivity index (χ3v) is 9.08. The summed E-state index contributed by atoms with van der Waals surface area (Å²) >= 11 is 2.90. The number of amides is 1. The van der Waals surface area contributed by atoms with Gasteiger partial charge in [0.1, 0.15) is 22.1 Å². The second kappa shape index (κ2) is 9.07. The number of nitrogens with one attached hydrogen (secondary N) is 1. The normalized spacial score (nSPS) is 17.1. The lowest BCUT2D eigenvalue weighted by Crippen LogP contribution is -2.38. The fourth-order valence-electron chi connectivity index (χ4n) is 3.64. The van der Waals surface area contributed by atoms with Crippen LogP contribution in [0.15, 0.2) is 34.5 Å². The summed E-state index contributed by atoms with van der Waals surface area (Å²) in [5.41, 5.74) is 2.74. The second-order valence-electron chi connectivity index (χ2n) is 7.02. The summed E-state index contributed by atoms with van der Waals surface area (Å²) in [6, 6.07) is 7.67. The molecule has 1 amide bonds. The number of benzene rings is 1. The van der Waals surface area contributed by atoms with Crippen LogP contribution in [0.3, 0.4) is 0 Å². The molecule has 0 radical (unpaired) electrons. The highest BCUT2D eigenvalue weighted by Gasteiger charge is 2.31. The Bertz CT molecular complexity index is 981. The van der Waals surface area contributed by atoms with Crippen molar-refractivity contribution >= 4 is 39.0 Å². The van der Waals surface area contributed by atoms with Crippen LogP contribution in [-0.4, -0.2) is 56.4 Å². The molecule has 2 aromatic rings. The molecule has 1 aromatic heterocycles. The topological polar surface area (TPSA) is 75.7 Å². The molecule has 2 aliphatic rings. The molecular formula is C20H24N2O4S3. The smallest absolute Gasteiger partial charge is 0.262 e. The van der Waals surface area contributed by atoms with Crippen LogP contribution in [0, 0.1) is 0 Å². The fourth-order valence-corrected chi connectivity index (χ4v) is 7.54. The van der Waals surface area contributed by atoms with Gasteiger partial charge in [-0.3, -0.25) is 4.79 Å². The first-order chi connectivity index (χ1) is 14.1. The summed E-state index contributed by atoms with van der Waals surface area (Å²) in [5, 5.41) is 4.44. The molecule has 1 fully saturated rings. The molecule has 1 N–H and O–H groups in total. The van der Waals surface area contributed by atoms with Gasteiger partial charge in [0.2, 0.25) is 10.0 Å². The van der Waals surface area contributed by atoms with Gasteiger partial charge in [0.25, 0.3) is 5.91 Å². The van der Waals surface area contributed by atoms with Crippen LogP contribution < -0.4 is 10.1 Å². The van der Waals surface area contributed by atoms with Gasteiger partial charge in [-0.15, -0.1) is 11.3 Å². The van der Waals surface area contributed by atoms with Gasteiger partial charge in [0, 0.05) is 24.6 Å². The van der Waals surface area contributed by atoms with Gasteiger partial charge in [-0.05, 0) is 54.0 Å². The molecule has 9 heteroatoms. The molecule has 6 nitrogen and oxygen atoms in total. The van der Waals surface area contributed by atoms with Gasteiger partial charge in [-0.25, -0.2) is 8.42 Å². The summed E-state index contributed by atoms with van der Waals surface area (Å²) in [4.78, 5) is 12.9. The Morgan fingerprint density at radius 2 is 1.93 bits per heavy atom. The number of sulfonamides is 1. The molecule has 0 saturated carbocycles. The van der Waals surface area contributed by atoms with Crippen molar-refractivity contribution in [1.82, 2.24) is 9.62 Å². The molecular weight excluding hydrogens is 428 g/mol. The fraction of sp³-hybridized carbons (Fsp3) is 0.450. The van der Waals surface area contributed by atoms with Crippen molar-refractivity contribution in [3.05, 3.63) is 45.6 Å². The lowest BCUT2D eigenvalue weighted by Gasteiger charge is -2.25. The SMILES string of the molecule is O=C(NCCOc1ccc2c(c1)CCC2)c1sccc1S(=O)(=O)N1CCSCC1. The van der Waals surface area contributed by atoms with Crippen LogP contribution in [-0.2, 0) is 22.9 Å². The molecule has 1 aromatic carbocycles. The minimum atomic E-state index is -3.64. The number of hydrogen-bond acceptors (Lipinski definition) is 6. The molecule has 0 spiro atoms. The number of thioether (sulfide) groups is 1. The Morgan fingerprint density at radius 1 is 1.14 bits per heavy atom. The van der Waals surface area contributed by atoms with Crippen molar-refractivity contribution in [3.8, 4) is 5.75 Å². The first kappa shape index (κ1) is 20.7. The number of nitrogens with zero attached hydrogens (tertiary/aromatic N) is 1. The number of fused-ring (bicyclic) bond motifs is 1. The lowest BCUT2D eigenvalue weighted by molar-refractivity contribution is 0.0948. The molecule has 1 aliphatic carbocycles. The van der Waals surface area contributed by atoms with E-state index in [1.807, 2.05) is 6.07 Å². The number of rotatable bonds is 7. The Hall–Kier alpha value is -1.55. The summed E-state index contributed by atoms with van der Waals surface area (Å²) in [6.45, 7) is 1.62. The summed E-state index contributed by atoms with van der Waals surface area (Å²) in [5.74, 6) is 2.00. The van der Waals surface area contributed by atoms with E-state index in [1.54, 1.807) is 17.1 Å². The summed E-state index contributed by atoms with van der Waals surface area (Å²) in [7, 11) is -3.64. The van der Waals surface area contributed by atoms with E-state index >= 15 is 0 Å². The molecule has 0 unspecified atom stereocenters. The third kappa shape index (κ3) is 4.63. The zero-order chi connectivity index (χ0) is 20.3. The van der Waals surface area contributed by atoms with Gasteiger partial charge >= 0.3 is 0 Å². The van der Waals surface area contributed by atoms with E-state index in [0.717, 1.165) is 41.4 Å². The average molecular weight is 453 g/mol. The molecule has 0 atom stereocenters. The Morgan fingerprint density at radius 3 is 2.76 bits per heavy atom. The van der Waals surface area contributed by atoms with E-state index in [9.17, 15) is 13.2 Å². The number of carbonyl (C=O) groups is 1. The molecule has 156 valence electrons. The van der Waals surface area contributed by atoms with Crippen molar-refractivity contribution in [1.29, 1.82) is 0 Å². The quantitative estimate of drug-likeness (QED) is 0.654. The van der Waals surface area contributed by atoms with Crippen LogP contribution >= 0.6 is 23.1 Å². The molecule has 0 bridgehead atoms. The first-order valence-corrected chi connectivity index (χ1v) is 13.2. The molecule has 2 heterocycles. The van der Waals surface area contributed by atoms with Crippen LogP contribution in [0.2, 0.25) is 0 Å². The van der Waals surface area contributed by atoms with Crippen molar-refractivity contribution in [3.63, 3.8) is 0 Å². The summed E-state index contributed by atoms with van der Waals surface area (Å²) in [6.07, 6.45) is 3.42. The van der Waals surface area contributed by atoms with E-state index < -0.39 is 10.0 Å². The molecule has 1 aliphatic heterocycles. The van der Waals surface area contributed by atoms with Gasteiger partial charge in [0.15, 0.2) is 0 Å². The highest BCUT2D eigenvalue weighted by atomic mass is 32.2. The van der Waals surface area contributed by atoms with E-state index in [2.05, 4.69) is 17.4 Å². The monoisotopic (exact) mass is 452 g/mol. The van der Waals surface area contributed by atoms with Crippen molar-refractivity contribution in [2.75, 3.05) is 37.7 Å². The molecule has 4 rings (SSSR count). The highest BCUT2D eigenvalue weighted by Crippen LogP contribution is 2.27. The van der Waals surface area contributed by atoms with Crippen molar-refractivity contribution in [2.45, 2.75) is 24.2 Å². The number of hydrogen-bond donors (Lipinski definition) is 1. The lowest BCUT2D eigenvalue weighted by atomic mass is 10.1. The zero-order valence-electron chi connectivity index (χ0n) is 16.1. The van der Waals surface area contributed by atoms with Crippen molar-refractivity contribution in [2.24, 2.45) is 0 Å². The predicted octanol–water partition coefficient (Wildman–Crippen LogP) is 2.78. The van der Waals surface area contributed by atoms with Gasteiger partial charge in [-0.2, -0.15) is 16.1 Å². The van der Waals surface area contributed by atoms with E-state index in [0.29, 0.717) is 26.2 Å². The van der Waals surface area contributed by atoms with Gasteiger partial charge in [0.05, 0.1) is 6.54 Å². The molecule has 1 saturated heterocycles. The number of ether oxygens (including phenoxy) is 1. The summed E-state index contributed by atoms with van der Waals surface area (Å²) < 4.78 is 33.0. The predicted molar refractivity (Wildman–Crippen MR) is 117 cm³/mol.